The maximum absolute atomic E-state index is 13.1. The Kier molecular flexibility index (Phi) is 12.7. The second-order valence-corrected chi connectivity index (χ2v) is 16.8. The number of carboxylic acids is 1. The number of benzene rings is 2. The Morgan fingerprint density at radius 2 is 1.27 bits per heavy atom. The van der Waals surface area contributed by atoms with Crippen molar-refractivity contribution in [3.63, 3.8) is 0 Å². The van der Waals surface area contributed by atoms with Crippen molar-refractivity contribution in [1.82, 2.24) is 28.7 Å². The quantitative estimate of drug-likeness (QED) is 0.178. The molecule has 310 valence electrons. The van der Waals surface area contributed by atoms with E-state index < -0.39 is 22.2 Å². The number of halogens is 5. The van der Waals surface area contributed by atoms with Crippen molar-refractivity contribution in [2.24, 2.45) is 0 Å². The van der Waals surface area contributed by atoms with Gasteiger partial charge >= 0.3 is 12.1 Å². The van der Waals surface area contributed by atoms with Gasteiger partial charge in [0.2, 0.25) is 21.8 Å². The van der Waals surface area contributed by atoms with E-state index in [1.54, 1.807) is 12.3 Å². The minimum absolute atomic E-state index is 0.0193. The van der Waals surface area contributed by atoms with Gasteiger partial charge in [-0.15, -0.1) is 0 Å². The third kappa shape index (κ3) is 9.40. The molecule has 0 spiro atoms. The number of nitrogens with zero attached hydrogens (tertiary/aromatic N) is 5. The average Bonchev–Trinajstić information content (AvgIpc) is 3.86. The largest absolute Gasteiger partial charge is 0.490 e. The maximum atomic E-state index is 13.1. The number of aliphatic carboxylic acids is 1. The molecular weight excluding hydrogens is 832 g/mol. The van der Waals surface area contributed by atoms with E-state index in [1.165, 1.54) is 29.1 Å². The lowest BCUT2D eigenvalue weighted by Gasteiger charge is -2.35. The summed E-state index contributed by atoms with van der Waals surface area (Å²) in [6.07, 6.45) is 4.41. The van der Waals surface area contributed by atoms with Crippen LogP contribution in [-0.4, -0.2) is 85.6 Å². The predicted octanol–water partition coefficient (Wildman–Crippen LogP) is 7.72. The van der Waals surface area contributed by atoms with Gasteiger partial charge < -0.3 is 19.9 Å². The van der Waals surface area contributed by atoms with Crippen LogP contribution < -0.4 is 0 Å². The highest BCUT2D eigenvalue weighted by atomic mass is 35.5. The highest BCUT2D eigenvalue weighted by molar-refractivity contribution is 7.89. The first-order chi connectivity index (χ1) is 27.9. The first-order valence-corrected chi connectivity index (χ1v) is 21.0. The number of H-pyrrole nitrogens is 1. The smallest absolute Gasteiger partial charge is 0.475 e. The SMILES string of the molecule is C[C@H]1c2ccccc2CCN1C(=O)Cc1c(Cl)cnc2[nH]ccc12.C[C@H]1c2ccccc2CCN1C(=O)Cc1c(Cl)cnc2c1ccn2S(C)(=O)=O.O=C(O)C(F)(F)F. The highest BCUT2D eigenvalue weighted by Crippen LogP contribution is 2.33. The van der Waals surface area contributed by atoms with Crippen LogP contribution in [0.2, 0.25) is 10.0 Å². The Balaban J connectivity index is 0.000000173. The van der Waals surface area contributed by atoms with E-state index in [0.717, 1.165) is 51.8 Å². The number of carboxylic acid groups (broad SMARTS) is 1. The van der Waals surface area contributed by atoms with Gasteiger partial charge in [-0.25, -0.2) is 27.2 Å². The summed E-state index contributed by atoms with van der Waals surface area (Å²) in [6, 6.07) is 20.2. The summed E-state index contributed by atoms with van der Waals surface area (Å²) in [5.74, 6) is -2.69. The molecule has 2 amide bonds. The number of fused-ring (bicyclic) bond motifs is 4. The van der Waals surface area contributed by atoms with Gasteiger partial charge in [0.25, 0.3) is 0 Å². The molecule has 18 heteroatoms. The first-order valence-electron chi connectivity index (χ1n) is 18.4. The summed E-state index contributed by atoms with van der Waals surface area (Å²) < 4.78 is 56.7. The molecular formula is C41H39Cl2F3N6O6S. The van der Waals surface area contributed by atoms with Crippen molar-refractivity contribution in [3.05, 3.63) is 129 Å². The molecule has 2 aliphatic rings. The molecule has 0 bridgehead atoms. The Morgan fingerprint density at radius 3 is 1.76 bits per heavy atom. The van der Waals surface area contributed by atoms with Crippen LogP contribution in [-0.2, 0) is 50.1 Å². The molecule has 2 aromatic carbocycles. The molecule has 0 saturated carbocycles. The molecule has 0 fully saturated rings. The van der Waals surface area contributed by atoms with E-state index in [9.17, 15) is 31.2 Å². The van der Waals surface area contributed by atoms with E-state index in [1.807, 2.05) is 47.2 Å². The molecule has 2 atom stereocenters. The summed E-state index contributed by atoms with van der Waals surface area (Å²) in [5.41, 5.74) is 7.51. The first kappa shape index (κ1) is 43.1. The normalized spacial score (nSPS) is 16.3. The van der Waals surface area contributed by atoms with Gasteiger partial charge in [-0.2, -0.15) is 13.2 Å². The van der Waals surface area contributed by atoms with E-state index in [0.29, 0.717) is 34.0 Å². The van der Waals surface area contributed by atoms with Crippen molar-refractivity contribution >= 4 is 73.1 Å². The minimum atomic E-state index is -5.08. The number of aromatic amines is 1. The zero-order valence-corrected chi connectivity index (χ0v) is 34.3. The van der Waals surface area contributed by atoms with Gasteiger partial charge in [-0.05, 0) is 72.2 Å². The van der Waals surface area contributed by atoms with E-state index >= 15 is 0 Å². The molecule has 2 aliphatic heterocycles. The van der Waals surface area contributed by atoms with E-state index in [-0.39, 0.29) is 36.0 Å². The summed E-state index contributed by atoms with van der Waals surface area (Å²) in [6.45, 7) is 5.51. The monoisotopic (exact) mass is 870 g/mol. The second-order valence-electron chi connectivity index (χ2n) is 14.1. The third-order valence-electron chi connectivity index (χ3n) is 10.5. The summed E-state index contributed by atoms with van der Waals surface area (Å²) in [4.78, 5) is 50.2. The van der Waals surface area contributed by atoms with Gasteiger partial charge in [-0.1, -0.05) is 71.7 Å². The lowest BCUT2D eigenvalue weighted by atomic mass is 9.93. The summed E-state index contributed by atoms with van der Waals surface area (Å²) >= 11 is 12.6. The van der Waals surface area contributed by atoms with Crippen LogP contribution in [0.3, 0.4) is 0 Å². The number of rotatable bonds is 5. The minimum Gasteiger partial charge on any atom is -0.475 e. The number of amides is 2. The molecule has 59 heavy (non-hydrogen) atoms. The van der Waals surface area contributed by atoms with Crippen LogP contribution in [0.1, 0.15) is 59.3 Å². The highest BCUT2D eigenvalue weighted by Gasteiger charge is 2.38. The van der Waals surface area contributed by atoms with Crippen LogP contribution >= 0.6 is 23.2 Å². The number of hydrogen-bond acceptors (Lipinski definition) is 7. The van der Waals surface area contributed by atoms with Gasteiger partial charge in [0, 0.05) is 48.6 Å². The van der Waals surface area contributed by atoms with Crippen molar-refractivity contribution in [1.29, 1.82) is 0 Å². The molecule has 0 unspecified atom stereocenters. The number of carbonyl (C=O) groups excluding carboxylic acids is 2. The van der Waals surface area contributed by atoms with Crippen molar-refractivity contribution in [3.8, 4) is 0 Å². The lowest BCUT2D eigenvalue weighted by molar-refractivity contribution is -0.192. The van der Waals surface area contributed by atoms with E-state index in [2.05, 4.69) is 52.2 Å². The number of hydrogen-bond donors (Lipinski definition) is 2. The summed E-state index contributed by atoms with van der Waals surface area (Å²) in [7, 11) is -3.49. The van der Waals surface area contributed by atoms with Crippen LogP contribution in [0.5, 0.6) is 0 Å². The van der Waals surface area contributed by atoms with Gasteiger partial charge in [0.05, 0.1) is 41.2 Å². The zero-order valence-electron chi connectivity index (χ0n) is 32.0. The standard InChI is InChI=1S/C20H20ClN3O3S.C19H18ClN3O.C2HF3O2/c1-13-15-6-4-3-5-14(15)7-9-23(13)19(25)11-17-16-8-10-24(28(2,26)27)20(16)22-12-18(17)21;1-12-14-5-3-2-4-13(14)7-9-23(12)18(24)10-16-15-6-8-21-19(15)22-11-17(16)20;3-2(4,5)1(6)7/h3-6,8,10,12-13H,7,9,11H2,1-2H3;2-6,8,11-12H,7,9-10H2,1H3,(H,21,22);(H,6,7)/t13-;12-;/m00./s1. The van der Waals surface area contributed by atoms with Crippen LogP contribution in [0, 0.1) is 0 Å². The van der Waals surface area contributed by atoms with Gasteiger partial charge in [-0.3, -0.25) is 9.59 Å². The fourth-order valence-electron chi connectivity index (χ4n) is 7.49. The molecule has 4 aromatic heterocycles. The zero-order chi connectivity index (χ0) is 42.8. The predicted molar refractivity (Wildman–Crippen MR) is 218 cm³/mol. The average molecular weight is 872 g/mol. The molecule has 0 radical (unpaired) electrons. The van der Waals surface area contributed by atoms with Crippen molar-refractivity contribution < 1.29 is 41.1 Å². The van der Waals surface area contributed by atoms with Gasteiger partial charge in [0.1, 0.15) is 5.65 Å². The third-order valence-corrected chi connectivity index (χ3v) is 12.1. The fourth-order valence-corrected chi connectivity index (χ4v) is 8.67. The van der Waals surface area contributed by atoms with Crippen LogP contribution in [0.25, 0.3) is 22.1 Å². The van der Waals surface area contributed by atoms with Crippen LogP contribution in [0.4, 0.5) is 13.2 Å². The molecule has 2 N–H and O–H groups in total. The maximum Gasteiger partial charge on any atom is 0.490 e. The molecule has 0 saturated heterocycles. The van der Waals surface area contributed by atoms with Gasteiger partial charge in [0.15, 0.2) is 5.65 Å². The Morgan fingerprint density at radius 1 is 0.797 bits per heavy atom. The number of alkyl halides is 3. The number of carbonyl (C=O) groups is 3. The molecule has 0 aliphatic carbocycles. The van der Waals surface area contributed by atoms with Crippen molar-refractivity contribution in [2.75, 3.05) is 19.3 Å². The number of nitrogens with one attached hydrogen (secondary N) is 1. The molecule has 6 aromatic rings. The Hall–Kier alpha value is -5.45. The second kappa shape index (κ2) is 17.4. The lowest BCUT2D eigenvalue weighted by Crippen LogP contribution is -2.39. The van der Waals surface area contributed by atoms with Crippen LogP contribution in [0.15, 0.2) is 85.5 Å². The summed E-state index contributed by atoms with van der Waals surface area (Å²) in [5, 5.41) is 9.52. The topological polar surface area (TPSA) is 159 Å². The van der Waals surface area contributed by atoms with Crippen molar-refractivity contribution in [2.45, 2.75) is 57.8 Å². The molecule has 8 rings (SSSR count). The number of pyridine rings is 2. The molecule has 6 heterocycles. The Labute approximate surface area is 347 Å². The Bertz CT molecular complexity index is 2670. The number of aromatic nitrogens is 4. The molecule has 12 nitrogen and oxygen atoms in total. The van der Waals surface area contributed by atoms with E-state index in [4.69, 9.17) is 33.1 Å². The fraction of sp³-hybridized carbons (Fsp3) is 0.293.